The number of amides is 2. The van der Waals surface area contributed by atoms with E-state index < -0.39 is 0 Å². The predicted molar refractivity (Wildman–Crippen MR) is 139 cm³/mol. The van der Waals surface area contributed by atoms with Crippen molar-refractivity contribution < 1.29 is 19.1 Å². The maximum absolute atomic E-state index is 13.0. The van der Waals surface area contributed by atoms with Gasteiger partial charge in [0.25, 0.3) is 11.8 Å². The van der Waals surface area contributed by atoms with Crippen molar-refractivity contribution in [1.29, 1.82) is 0 Å². The minimum Gasteiger partial charge on any atom is -0.494 e. The molecule has 0 unspecified atom stereocenters. The van der Waals surface area contributed by atoms with E-state index in [0.29, 0.717) is 29.8 Å². The number of nitrogens with zero attached hydrogens (tertiary/aromatic N) is 3. The molecule has 0 aromatic heterocycles. The third kappa shape index (κ3) is 5.17. The highest BCUT2D eigenvalue weighted by Crippen LogP contribution is 2.30. The fourth-order valence-electron chi connectivity index (χ4n) is 5.09. The molecule has 1 saturated heterocycles. The van der Waals surface area contributed by atoms with Crippen LogP contribution in [0.1, 0.15) is 43.9 Å². The zero-order valence-corrected chi connectivity index (χ0v) is 20.4. The van der Waals surface area contributed by atoms with Crippen molar-refractivity contribution in [1.82, 2.24) is 14.7 Å². The Hall–Kier alpha value is -3.55. The Morgan fingerprint density at radius 2 is 1.31 bits per heavy atom. The van der Waals surface area contributed by atoms with Crippen molar-refractivity contribution in [2.24, 2.45) is 0 Å². The van der Waals surface area contributed by atoms with Gasteiger partial charge in [0.05, 0.1) is 6.61 Å². The Morgan fingerprint density at radius 3 is 1.89 bits per heavy atom. The minimum atomic E-state index is -0.184. The molecular formula is C29H31N3O4. The van der Waals surface area contributed by atoms with E-state index >= 15 is 0 Å². The van der Waals surface area contributed by atoms with E-state index in [2.05, 4.69) is 9.80 Å². The second kappa shape index (κ2) is 11.0. The normalized spacial score (nSPS) is 16.5. The lowest BCUT2D eigenvalue weighted by atomic mass is 9.94. The second-order valence-electron chi connectivity index (χ2n) is 9.40. The molecule has 0 spiro atoms. The number of carbonyl (C=O) groups is 3. The summed E-state index contributed by atoms with van der Waals surface area (Å²) in [6, 6.07) is 18.5. The third-order valence-corrected chi connectivity index (χ3v) is 7.08. The summed E-state index contributed by atoms with van der Waals surface area (Å²) < 4.78 is 5.77. The molecule has 0 saturated carbocycles. The van der Waals surface area contributed by atoms with Crippen LogP contribution in [0.3, 0.4) is 0 Å². The highest BCUT2D eigenvalue weighted by molar-refractivity contribution is 6.25. The Labute approximate surface area is 211 Å². The summed E-state index contributed by atoms with van der Waals surface area (Å²) in [5.74, 6) is 0.420. The highest BCUT2D eigenvalue weighted by atomic mass is 16.5. The van der Waals surface area contributed by atoms with Gasteiger partial charge in [-0.25, -0.2) is 0 Å². The summed E-state index contributed by atoms with van der Waals surface area (Å²) in [7, 11) is 0. The van der Waals surface area contributed by atoms with Crippen LogP contribution in [-0.2, 0) is 0 Å². The third-order valence-electron chi connectivity index (χ3n) is 7.08. The van der Waals surface area contributed by atoms with Crippen LogP contribution in [0.15, 0.2) is 60.7 Å². The van der Waals surface area contributed by atoms with Crippen LogP contribution >= 0.6 is 0 Å². The number of carbonyl (C=O) groups excluding carboxylic acids is 3. The van der Waals surface area contributed by atoms with Crippen molar-refractivity contribution in [3.05, 3.63) is 77.4 Å². The number of benzene rings is 3. The molecule has 2 aliphatic rings. The van der Waals surface area contributed by atoms with Crippen LogP contribution < -0.4 is 4.74 Å². The summed E-state index contributed by atoms with van der Waals surface area (Å²) in [5, 5.41) is 1.72. The Kier molecular flexibility index (Phi) is 7.39. The van der Waals surface area contributed by atoms with Crippen molar-refractivity contribution in [3.63, 3.8) is 0 Å². The largest absolute Gasteiger partial charge is 0.494 e. The van der Waals surface area contributed by atoms with Gasteiger partial charge in [0.15, 0.2) is 0 Å². The fourth-order valence-corrected chi connectivity index (χ4v) is 5.09. The van der Waals surface area contributed by atoms with Crippen molar-refractivity contribution in [2.75, 3.05) is 52.4 Å². The van der Waals surface area contributed by atoms with Crippen LogP contribution in [-0.4, -0.2) is 85.2 Å². The number of piperazine rings is 1. The molecule has 5 rings (SSSR count). The first-order valence-corrected chi connectivity index (χ1v) is 12.6. The van der Waals surface area contributed by atoms with E-state index in [1.807, 2.05) is 48.5 Å². The number of aldehydes is 1. The van der Waals surface area contributed by atoms with E-state index in [1.54, 1.807) is 12.1 Å². The molecule has 7 nitrogen and oxygen atoms in total. The van der Waals surface area contributed by atoms with Gasteiger partial charge in [-0.1, -0.05) is 24.3 Å². The Bertz CT molecular complexity index is 1200. The lowest BCUT2D eigenvalue weighted by Crippen LogP contribution is -2.47. The molecule has 1 fully saturated rings. The van der Waals surface area contributed by atoms with E-state index in [9.17, 15) is 14.4 Å². The first-order chi connectivity index (χ1) is 17.6. The smallest absolute Gasteiger partial charge is 0.261 e. The van der Waals surface area contributed by atoms with Crippen LogP contribution in [0.2, 0.25) is 0 Å². The van der Waals surface area contributed by atoms with Gasteiger partial charge in [0.2, 0.25) is 0 Å². The first-order valence-electron chi connectivity index (χ1n) is 12.6. The molecular weight excluding hydrogens is 454 g/mol. The van der Waals surface area contributed by atoms with E-state index in [1.165, 1.54) is 4.90 Å². The average molecular weight is 486 g/mol. The van der Waals surface area contributed by atoms with Gasteiger partial charge in [-0.15, -0.1) is 0 Å². The molecule has 36 heavy (non-hydrogen) atoms. The van der Waals surface area contributed by atoms with Crippen LogP contribution in [0, 0.1) is 0 Å². The van der Waals surface area contributed by atoms with Crippen LogP contribution in [0.4, 0.5) is 0 Å². The van der Waals surface area contributed by atoms with Gasteiger partial charge in [-0.2, -0.15) is 0 Å². The SMILES string of the molecule is O=Cc1ccc(OCCCN2CCN(CCCN3C(=O)c4cccc5cccc(c45)C3=O)CC2)cc1. The monoisotopic (exact) mass is 485 g/mol. The quantitative estimate of drug-likeness (QED) is 0.248. The summed E-state index contributed by atoms with van der Waals surface area (Å²) in [6.07, 6.45) is 2.55. The molecule has 186 valence electrons. The van der Waals surface area contributed by atoms with Gasteiger partial charge in [0, 0.05) is 61.3 Å². The number of imide groups is 1. The molecule has 3 aromatic rings. The first kappa shape index (κ1) is 24.2. The zero-order chi connectivity index (χ0) is 24.9. The fraction of sp³-hybridized carbons (Fsp3) is 0.345. The van der Waals surface area contributed by atoms with Gasteiger partial charge in [-0.05, 0) is 61.2 Å². The summed E-state index contributed by atoms with van der Waals surface area (Å²) in [6.45, 7) is 6.92. The van der Waals surface area contributed by atoms with E-state index in [4.69, 9.17) is 4.74 Å². The molecule has 0 N–H and O–H groups in total. The molecule has 0 atom stereocenters. The zero-order valence-electron chi connectivity index (χ0n) is 20.4. The van der Waals surface area contributed by atoms with Crippen molar-refractivity contribution >= 4 is 28.9 Å². The minimum absolute atomic E-state index is 0.184. The lowest BCUT2D eigenvalue weighted by Gasteiger charge is -2.35. The standard InChI is InChI=1S/C29H31N3O4/c33-21-22-9-11-24(12-10-22)36-20-4-14-31-18-16-30(17-19-31)13-3-15-32-28(34)25-7-1-5-23-6-2-8-26(27(23)25)29(32)35/h1-2,5-12,21H,3-4,13-20H2. The number of ether oxygens (including phenoxy) is 1. The highest BCUT2D eigenvalue weighted by Gasteiger charge is 2.32. The number of rotatable bonds is 10. The van der Waals surface area contributed by atoms with Crippen molar-refractivity contribution in [3.8, 4) is 5.75 Å². The topological polar surface area (TPSA) is 70.2 Å². The molecule has 2 amide bonds. The van der Waals surface area contributed by atoms with Gasteiger partial charge in [-0.3, -0.25) is 19.3 Å². The molecule has 0 aliphatic carbocycles. The summed E-state index contributed by atoms with van der Waals surface area (Å²) >= 11 is 0. The molecule has 7 heteroatoms. The van der Waals surface area contributed by atoms with Gasteiger partial charge in [0.1, 0.15) is 12.0 Å². The van der Waals surface area contributed by atoms with Crippen molar-refractivity contribution in [2.45, 2.75) is 12.8 Å². The Morgan fingerprint density at radius 1 is 0.722 bits per heavy atom. The van der Waals surface area contributed by atoms with Crippen LogP contribution in [0.5, 0.6) is 5.75 Å². The number of hydrogen-bond donors (Lipinski definition) is 0. The maximum atomic E-state index is 13.0. The molecule has 0 bridgehead atoms. The predicted octanol–water partition coefficient (Wildman–Crippen LogP) is 3.73. The lowest BCUT2D eigenvalue weighted by molar-refractivity contribution is 0.0597. The van der Waals surface area contributed by atoms with Gasteiger partial charge >= 0.3 is 0 Å². The van der Waals surface area contributed by atoms with Crippen LogP contribution in [0.25, 0.3) is 10.8 Å². The average Bonchev–Trinajstić information content (AvgIpc) is 2.92. The number of hydrogen-bond acceptors (Lipinski definition) is 6. The molecule has 2 heterocycles. The summed E-state index contributed by atoms with van der Waals surface area (Å²) in [4.78, 5) is 43.1. The summed E-state index contributed by atoms with van der Waals surface area (Å²) in [5.41, 5.74) is 1.90. The second-order valence-corrected chi connectivity index (χ2v) is 9.40. The van der Waals surface area contributed by atoms with E-state index in [0.717, 1.165) is 74.9 Å². The molecule has 0 radical (unpaired) electrons. The Balaban J connectivity index is 1.03. The van der Waals surface area contributed by atoms with Gasteiger partial charge < -0.3 is 14.5 Å². The molecule has 2 aliphatic heterocycles. The maximum Gasteiger partial charge on any atom is 0.261 e. The van der Waals surface area contributed by atoms with E-state index in [-0.39, 0.29) is 11.8 Å². The molecule has 3 aromatic carbocycles.